The van der Waals surface area contributed by atoms with E-state index in [1.165, 1.54) is 19.3 Å². The molecule has 1 aliphatic heterocycles. The van der Waals surface area contributed by atoms with E-state index in [2.05, 4.69) is 0 Å². The van der Waals surface area contributed by atoms with E-state index in [4.69, 9.17) is 0 Å². The summed E-state index contributed by atoms with van der Waals surface area (Å²) in [4.78, 5) is 13.9. The van der Waals surface area contributed by atoms with E-state index >= 15 is 0 Å². The van der Waals surface area contributed by atoms with E-state index in [1.807, 2.05) is 25.7 Å². The fourth-order valence-electron chi connectivity index (χ4n) is 2.54. The summed E-state index contributed by atoms with van der Waals surface area (Å²) in [6.45, 7) is 7.08. The molecule has 2 fully saturated rings. The minimum Gasteiger partial charge on any atom is -0.388 e. The first-order chi connectivity index (χ1) is 7.32. The summed E-state index contributed by atoms with van der Waals surface area (Å²) >= 11 is 0. The highest BCUT2D eigenvalue weighted by molar-refractivity contribution is 5.77. The third kappa shape index (κ3) is 1.97. The fourth-order valence-corrected chi connectivity index (χ4v) is 2.54. The number of rotatable bonds is 2. The van der Waals surface area contributed by atoms with Gasteiger partial charge >= 0.3 is 0 Å². The van der Waals surface area contributed by atoms with Crippen molar-refractivity contribution < 1.29 is 9.90 Å². The van der Waals surface area contributed by atoms with Gasteiger partial charge in [-0.3, -0.25) is 4.79 Å². The Kier molecular flexibility index (Phi) is 2.77. The van der Waals surface area contributed by atoms with Crippen LogP contribution in [0.4, 0.5) is 0 Å². The Balaban J connectivity index is 1.94. The predicted molar refractivity (Wildman–Crippen MR) is 62.9 cm³/mol. The monoisotopic (exact) mass is 225 g/mol. The molecule has 92 valence electrons. The number of β-amino-alcohol motifs (C(OH)–C–C–N with tert-alkyl or cyclic N) is 1. The molecule has 1 aliphatic carbocycles. The van der Waals surface area contributed by atoms with Crippen LogP contribution in [0.1, 0.15) is 46.5 Å². The minimum atomic E-state index is -0.748. The maximum absolute atomic E-state index is 12.0. The Bertz CT molecular complexity index is 276. The van der Waals surface area contributed by atoms with Crippen LogP contribution in [0.3, 0.4) is 0 Å². The largest absolute Gasteiger partial charge is 0.388 e. The molecule has 0 bridgehead atoms. The maximum atomic E-state index is 12.0. The highest BCUT2D eigenvalue weighted by Gasteiger charge is 2.49. The molecule has 1 heterocycles. The van der Waals surface area contributed by atoms with Crippen molar-refractivity contribution in [3.63, 3.8) is 0 Å². The third-order valence-electron chi connectivity index (χ3n) is 4.58. The van der Waals surface area contributed by atoms with Crippen molar-refractivity contribution in [2.45, 2.75) is 52.1 Å². The Hall–Kier alpha value is -0.570. The normalized spacial score (nSPS) is 33.9. The summed E-state index contributed by atoms with van der Waals surface area (Å²) in [6, 6.07) is 0. The standard InChI is InChI=1S/C13H23NO2/c1-12(2)8-14(9-13(12,3)16)11(15)7-10-5-4-6-10/h10,16H,4-9H2,1-3H3/t13-/m1/s1. The molecule has 1 atom stereocenters. The van der Waals surface area contributed by atoms with Crippen LogP contribution in [0.5, 0.6) is 0 Å². The van der Waals surface area contributed by atoms with Gasteiger partial charge in [-0.15, -0.1) is 0 Å². The van der Waals surface area contributed by atoms with Crippen LogP contribution in [0, 0.1) is 11.3 Å². The maximum Gasteiger partial charge on any atom is 0.222 e. The van der Waals surface area contributed by atoms with Crippen molar-refractivity contribution in [2.24, 2.45) is 11.3 Å². The van der Waals surface area contributed by atoms with Crippen LogP contribution in [0.25, 0.3) is 0 Å². The van der Waals surface area contributed by atoms with Gasteiger partial charge in [0.25, 0.3) is 0 Å². The number of nitrogens with zero attached hydrogens (tertiary/aromatic N) is 1. The zero-order valence-electron chi connectivity index (χ0n) is 10.6. The zero-order valence-corrected chi connectivity index (χ0v) is 10.6. The highest BCUT2D eigenvalue weighted by Crippen LogP contribution is 2.39. The molecular formula is C13H23NO2. The van der Waals surface area contributed by atoms with Gasteiger partial charge in [-0.1, -0.05) is 20.3 Å². The molecule has 1 N–H and O–H groups in total. The van der Waals surface area contributed by atoms with Crippen LogP contribution in [0.15, 0.2) is 0 Å². The van der Waals surface area contributed by atoms with Gasteiger partial charge in [0, 0.05) is 24.9 Å². The summed E-state index contributed by atoms with van der Waals surface area (Å²) in [5, 5.41) is 10.3. The van der Waals surface area contributed by atoms with Gasteiger partial charge in [0.05, 0.1) is 5.60 Å². The first-order valence-corrected chi connectivity index (χ1v) is 6.32. The van der Waals surface area contributed by atoms with Gasteiger partial charge in [-0.2, -0.15) is 0 Å². The quantitative estimate of drug-likeness (QED) is 0.778. The smallest absolute Gasteiger partial charge is 0.222 e. The van der Waals surface area contributed by atoms with Crippen molar-refractivity contribution in [3.8, 4) is 0 Å². The molecule has 0 aromatic rings. The summed E-state index contributed by atoms with van der Waals surface area (Å²) in [5.74, 6) is 0.844. The molecule has 2 rings (SSSR count). The molecule has 1 amide bonds. The van der Waals surface area contributed by atoms with Crippen molar-refractivity contribution in [1.29, 1.82) is 0 Å². The number of hydrogen-bond acceptors (Lipinski definition) is 2. The van der Waals surface area contributed by atoms with Gasteiger partial charge in [0.2, 0.25) is 5.91 Å². The lowest BCUT2D eigenvalue weighted by Crippen LogP contribution is -2.40. The molecule has 0 spiro atoms. The molecule has 3 heteroatoms. The van der Waals surface area contributed by atoms with E-state index < -0.39 is 5.60 Å². The Morgan fingerprint density at radius 3 is 2.31 bits per heavy atom. The van der Waals surface area contributed by atoms with Gasteiger partial charge in [-0.25, -0.2) is 0 Å². The lowest BCUT2D eigenvalue weighted by molar-refractivity contribution is -0.132. The van der Waals surface area contributed by atoms with Crippen LogP contribution >= 0.6 is 0 Å². The lowest BCUT2D eigenvalue weighted by atomic mass is 9.79. The van der Waals surface area contributed by atoms with Crippen LogP contribution < -0.4 is 0 Å². The SMILES string of the molecule is CC1(C)CN(C(=O)CC2CCC2)C[C@@]1(C)O. The first kappa shape index (κ1) is 11.9. The Morgan fingerprint density at radius 2 is 1.94 bits per heavy atom. The van der Waals surface area contributed by atoms with E-state index in [9.17, 15) is 9.90 Å². The molecule has 0 radical (unpaired) electrons. The van der Waals surface area contributed by atoms with Crippen molar-refractivity contribution in [1.82, 2.24) is 4.90 Å². The molecular weight excluding hydrogens is 202 g/mol. The number of aliphatic hydroxyl groups is 1. The molecule has 0 aromatic heterocycles. The molecule has 2 aliphatic rings. The second-order valence-corrected chi connectivity index (χ2v) is 6.41. The molecule has 0 unspecified atom stereocenters. The minimum absolute atomic E-state index is 0.192. The number of carbonyl (C=O) groups excluding carboxylic acids is 1. The second kappa shape index (κ2) is 3.73. The summed E-state index contributed by atoms with van der Waals surface area (Å²) < 4.78 is 0. The molecule has 1 saturated carbocycles. The van der Waals surface area contributed by atoms with E-state index in [0.29, 0.717) is 25.4 Å². The van der Waals surface area contributed by atoms with Crippen molar-refractivity contribution in [3.05, 3.63) is 0 Å². The van der Waals surface area contributed by atoms with Crippen LogP contribution in [-0.2, 0) is 4.79 Å². The molecule has 3 nitrogen and oxygen atoms in total. The summed E-state index contributed by atoms with van der Waals surface area (Å²) in [6.07, 6.45) is 4.38. The number of carbonyl (C=O) groups is 1. The molecule has 1 saturated heterocycles. The molecule has 0 aromatic carbocycles. The summed E-state index contributed by atoms with van der Waals surface area (Å²) in [7, 11) is 0. The summed E-state index contributed by atoms with van der Waals surface area (Å²) in [5.41, 5.74) is -0.940. The predicted octanol–water partition coefficient (Wildman–Crippen LogP) is 1.80. The topological polar surface area (TPSA) is 40.5 Å². The van der Waals surface area contributed by atoms with Crippen molar-refractivity contribution >= 4 is 5.91 Å². The number of likely N-dealkylation sites (tertiary alicyclic amines) is 1. The Labute approximate surface area is 97.8 Å². The van der Waals surface area contributed by atoms with Crippen molar-refractivity contribution in [2.75, 3.05) is 13.1 Å². The first-order valence-electron chi connectivity index (χ1n) is 6.32. The zero-order chi connectivity index (χ0) is 12.0. The average molecular weight is 225 g/mol. The molecule has 16 heavy (non-hydrogen) atoms. The lowest BCUT2D eigenvalue weighted by Gasteiger charge is -2.30. The van der Waals surface area contributed by atoms with Gasteiger partial charge in [-0.05, 0) is 25.7 Å². The third-order valence-corrected chi connectivity index (χ3v) is 4.58. The number of amides is 1. The van der Waals surface area contributed by atoms with E-state index in [0.717, 1.165) is 0 Å². The van der Waals surface area contributed by atoms with Gasteiger partial charge in [0.1, 0.15) is 0 Å². The Morgan fingerprint density at radius 1 is 1.31 bits per heavy atom. The number of hydrogen-bond donors (Lipinski definition) is 1. The van der Waals surface area contributed by atoms with Gasteiger partial charge < -0.3 is 10.0 Å². The average Bonchev–Trinajstić information content (AvgIpc) is 2.29. The fraction of sp³-hybridized carbons (Fsp3) is 0.923. The van der Waals surface area contributed by atoms with E-state index in [-0.39, 0.29) is 11.3 Å². The van der Waals surface area contributed by atoms with Crippen LogP contribution in [0.2, 0.25) is 0 Å². The highest BCUT2D eigenvalue weighted by atomic mass is 16.3. The van der Waals surface area contributed by atoms with E-state index in [1.54, 1.807) is 0 Å². The second-order valence-electron chi connectivity index (χ2n) is 6.41. The van der Waals surface area contributed by atoms with Gasteiger partial charge in [0.15, 0.2) is 0 Å². The van der Waals surface area contributed by atoms with Crippen LogP contribution in [-0.4, -0.2) is 34.6 Å².